The lowest BCUT2D eigenvalue weighted by atomic mass is 9.93. The molecule has 21 heavy (non-hydrogen) atoms. The van der Waals surface area contributed by atoms with Crippen LogP contribution in [0.2, 0.25) is 5.02 Å². The highest BCUT2D eigenvalue weighted by molar-refractivity contribution is 6.30. The van der Waals surface area contributed by atoms with Gasteiger partial charge in [-0.25, -0.2) is 0 Å². The van der Waals surface area contributed by atoms with Gasteiger partial charge in [-0.1, -0.05) is 37.1 Å². The molecule has 114 valence electrons. The lowest BCUT2D eigenvalue weighted by molar-refractivity contribution is -0.124. The number of rotatable bonds is 4. The number of carbonyl (C=O) groups is 1. The van der Waals surface area contributed by atoms with Gasteiger partial charge in [-0.2, -0.15) is 0 Å². The molecule has 4 unspecified atom stereocenters. The Morgan fingerprint density at radius 1 is 1.48 bits per heavy atom. The molecule has 1 aliphatic heterocycles. The summed E-state index contributed by atoms with van der Waals surface area (Å²) in [6.07, 6.45) is 4.59. The Hall–Kier alpha value is -1.06. The van der Waals surface area contributed by atoms with E-state index in [-0.39, 0.29) is 18.0 Å². The smallest absolute Gasteiger partial charge is 0.237 e. The molecule has 2 N–H and O–H groups in total. The van der Waals surface area contributed by atoms with Crippen LogP contribution < -0.4 is 10.6 Å². The van der Waals surface area contributed by atoms with E-state index in [1.165, 1.54) is 19.3 Å². The Kier molecular flexibility index (Phi) is 4.51. The van der Waals surface area contributed by atoms with Crippen LogP contribution >= 0.6 is 11.6 Å². The van der Waals surface area contributed by atoms with Gasteiger partial charge in [0.15, 0.2) is 0 Å². The molecule has 2 aliphatic rings. The van der Waals surface area contributed by atoms with Crippen LogP contribution in [-0.4, -0.2) is 18.5 Å². The zero-order chi connectivity index (χ0) is 14.8. The summed E-state index contributed by atoms with van der Waals surface area (Å²) in [4.78, 5) is 12.6. The van der Waals surface area contributed by atoms with Gasteiger partial charge in [-0.15, -0.1) is 0 Å². The van der Waals surface area contributed by atoms with Crippen LogP contribution in [-0.2, 0) is 4.79 Å². The van der Waals surface area contributed by atoms with Crippen molar-refractivity contribution in [1.82, 2.24) is 10.6 Å². The molecule has 1 aromatic carbocycles. The van der Waals surface area contributed by atoms with E-state index >= 15 is 0 Å². The number of amides is 1. The van der Waals surface area contributed by atoms with Crippen LogP contribution in [0.25, 0.3) is 0 Å². The van der Waals surface area contributed by atoms with Crippen molar-refractivity contribution in [2.24, 2.45) is 11.8 Å². The Balaban J connectivity index is 1.68. The number of nitrogens with one attached hydrogen (secondary N) is 2. The van der Waals surface area contributed by atoms with E-state index in [1.54, 1.807) is 0 Å². The molecule has 4 heteroatoms. The molecule has 0 radical (unpaired) electrons. The van der Waals surface area contributed by atoms with Gasteiger partial charge in [0.1, 0.15) is 0 Å². The average Bonchev–Trinajstić information content (AvgIpc) is 3.07. The zero-order valence-electron chi connectivity index (χ0n) is 12.4. The van der Waals surface area contributed by atoms with E-state index in [9.17, 15) is 4.79 Å². The molecule has 4 atom stereocenters. The van der Waals surface area contributed by atoms with Gasteiger partial charge >= 0.3 is 0 Å². The fourth-order valence-corrected chi connectivity index (χ4v) is 4.08. The van der Waals surface area contributed by atoms with Crippen LogP contribution in [0.5, 0.6) is 0 Å². The third-order valence-electron chi connectivity index (χ3n) is 5.00. The maximum Gasteiger partial charge on any atom is 0.237 e. The van der Waals surface area contributed by atoms with Gasteiger partial charge in [0.2, 0.25) is 5.91 Å². The van der Waals surface area contributed by atoms with Gasteiger partial charge in [0, 0.05) is 5.02 Å². The second kappa shape index (κ2) is 6.37. The molecule has 1 aliphatic carbocycles. The number of hydrogen-bond acceptors (Lipinski definition) is 2. The molecule has 1 saturated heterocycles. The Labute approximate surface area is 131 Å². The van der Waals surface area contributed by atoms with Gasteiger partial charge in [-0.3, -0.25) is 4.79 Å². The van der Waals surface area contributed by atoms with E-state index in [0.717, 1.165) is 23.6 Å². The quantitative estimate of drug-likeness (QED) is 0.896. The summed E-state index contributed by atoms with van der Waals surface area (Å²) in [6.45, 7) is 3.09. The number of carbonyl (C=O) groups excluding carboxylic acids is 1. The predicted octanol–water partition coefficient (Wildman–Crippen LogP) is 3.30. The predicted molar refractivity (Wildman–Crippen MR) is 85.2 cm³/mol. The number of benzene rings is 1. The highest BCUT2D eigenvalue weighted by Gasteiger charge is 2.42. The maximum absolute atomic E-state index is 12.6. The van der Waals surface area contributed by atoms with E-state index in [4.69, 9.17) is 11.6 Å². The Bertz CT molecular complexity index is 519. The summed E-state index contributed by atoms with van der Waals surface area (Å²) < 4.78 is 0. The topological polar surface area (TPSA) is 41.1 Å². The van der Waals surface area contributed by atoms with Crippen molar-refractivity contribution in [3.63, 3.8) is 0 Å². The summed E-state index contributed by atoms with van der Waals surface area (Å²) >= 11 is 6.06. The highest BCUT2D eigenvalue weighted by atomic mass is 35.5. The van der Waals surface area contributed by atoms with E-state index < -0.39 is 0 Å². The lowest BCUT2D eigenvalue weighted by Crippen LogP contribution is -2.45. The van der Waals surface area contributed by atoms with Crippen molar-refractivity contribution < 1.29 is 4.79 Å². The van der Waals surface area contributed by atoms with Gasteiger partial charge < -0.3 is 10.6 Å². The van der Waals surface area contributed by atoms with Crippen molar-refractivity contribution >= 4 is 17.5 Å². The fourth-order valence-electron chi connectivity index (χ4n) is 3.88. The molecule has 3 rings (SSSR count). The highest BCUT2D eigenvalue weighted by Crippen LogP contribution is 2.38. The van der Waals surface area contributed by atoms with Crippen molar-refractivity contribution in [2.45, 2.75) is 44.7 Å². The van der Waals surface area contributed by atoms with Crippen LogP contribution in [0, 0.1) is 11.8 Å². The fraction of sp³-hybridized carbons (Fsp3) is 0.588. The number of fused-ring (bicyclic) bond motifs is 1. The second-order valence-electron chi connectivity index (χ2n) is 6.27. The first-order chi connectivity index (χ1) is 10.2. The minimum atomic E-state index is -0.00858. The van der Waals surface area contributed by atoms with Crippen LogP contribution in [0.3, 0.4) is 0 Å². The van der Waals surface area contributed by atoms with Gasteiger partial charge in [0.05, 0.1) is 12.1 Å². The summed E-state index contributed by atoms with van der Waals surface area (Å²) in [5, 5.41) is 7.33. The van der Waals surface area contributed by atoms with Crippen LogP contribution in [0.15, 0.2) is 24.3 Å². The second-order valence-corrected chi connectivity index (χ2v) is 6.70. The Morgan fingerprint density at radius 3 is 3.10 bits per heavy atom. The van der Waals surface area contributed by atoms with Gasteiger partial charge in [0.25, 0.3) is 0 Å². The third kappa shape index (κ3) is 3.09. The minimum absolute atomic E-state index is 0.00858. The summed E-state index contributed by atoms with van der Waals surface area (Å²) in [6, 6.07) is 7.80. The normalized spacial score (nSPS) is 29.1. The number of hydrogen-bond donors (Lipinski definition) is 2. The Morgan fingerprint density at radius 2 is 2.33 bits per heavy atom. The standard InChI is InChI=1S/C17H23ClN2O/c1-2-15(11-5-3-7-13(18)9-11)20-17(21)16-14-8-4-6-12(14)10-19-16/h3,5,7,9,12,14-16,19H,2,4,6,8,10H2,1H3,(H,20,21). The molecular weight excluding hydrogens is 284 g/mol. The first-order valence-corrected chi connectivity index (χ1v) is 8.36. The molecule has 3 nitrogen and oxygen atoms in total. The molecule has 1 saturated carbocycles. The van der Waals surface area contributed by atoms with Crippen molar-refractivity contribution in [3.05, 3.63) is 34.9 Å². The van der Waals surface area contributed by atoms with Crippen molar-refractivity contribution in [1.29, 1.82) is 0 Å². The summed E-state index contributed by atoms with van der Waals surface area (Å²) in [5.74, 6) is 1.38. The van der Waals surface area contributed by atoms with E-state index in [1.807, 2.05) is 24.3 Å². The summed E-state index contributed by atoms with van der Waals surface area (Å²) in [5.41, 5.74) is 1.08. The molecule has 0 aromatic heterocycles. The molecule has 0 spiro atoms. The molecule has 2 fully saturated rings. The SMILES string of the molecule is CCC(NC(=O)C1NCC2CCCC21)c1cccc(Cl)c1. The molecule has 1 heterocycles. The molecule has 0 bridgehead atoms. The number of halogens is 1. The first-order valence-electron chi connectivity index (χ1n) is 7.98. The molecule has 1 amide bonds. The maximum atomic E-state index is 12.6. The third-order valence-corrected chi connectivity index (χ3v) is 5.24. The minimum Gasteiger partial charge on any atom is -0.348 e. The van der Waals surface area contributed by atoms with E-state index in [0.29, 0.717) is 11.8 Å². The first kappa shape index (κ1) is 14.9. The summed E-state index contributed by atoms with van der Waals surface area (Å²) in [7, 11) is 0. The van der Waals surface area contributed by atoms with E-state index in [2.05, 4.69) is 17.6 Å². The zero-order valence-corrected chi connectivity index (χ0v) is 13.2. The molecular formula is C17H23ClN2O. The monoisotopic (exact) mass is 306 g/mol. The van der Waals surface area contributed by atoms with Crippen molar-refractivity contribution in [3.8, 4) is 0 Å². The van der Waals surface area contributed by atoms with Crippen LogP contribution in [0.1, 0.15) is 44.2 Å². The van der Waals surface area contributed by atoms with Gasteiger partial charge in [-0.05, 0) is 55.3 Å². The lowest BCUT2D eigenvalue weighted by Gasteiger charge is -2.23. The van der Waals surface area contributed by atoms with Crippen molar-refractivity contribution in [2.75, 3.05) is 6.54 Å². The van der Waals surface area contributed by atoms with Crippen LogP contribution in [0.4, 0.5) is 0 Å². The largest absolute Gasteiger partial charge is 0.348 e. The average molecular weight is 307 g/mol. The molecule has 1 aromatic rings.